The summed E-state index contributed by atoms with van der Waals surface area (Å²) in [5, 5.41) is 4.74. The number of hydrogen-bond acceptors (Lipinski definition) is 10. The fourth-order valence-electron chi connectivity index (χ4n) is 2.13. The van der Waals surface area contributed by atoms with Gasteiger partial charge in [0.05, 0.1) is 14.2 Å². The summed E-state index contributed by atoms with van der Waals surface area (Å²) < 4.78 is 9.34. The Bertz CT molecular complexity index is 643. The first-order valence-corrected chi connectivity index (χ1v) is 12.6. The summed E-state index contributed by atoms with van der Waals surface area (Å²) in [6.07, 6.45) is 0.972. The van der Waals surface area contributed by atoms with Crippen molar-refractivity contribution >= 4 is 56.9 Å². The van der Waals surface area contributed by atoms with Gasteiger partial charge in [0.1, 0.15) is 12.1 Å². The molecule has 182 valence electrons. The lowest BCUT2D eigenvalue weighted by atomic mass is 10.0. The topological polar surface area (TPSA) is 145 Å². The van der Waals surface area contributed by atoms with Gasteiger partial charge in [-0.1, -0.05) is 49.3 Å². The van der Waals surface area contributed by atoms with Gasteiger partial charge in [0.2, 0.25) is 11.6 Å². The molecule has 10 nitrogen and oxygen atoms in total. The fraction of sp³-hybridized carbons (Fsp3) is 0.700. The van der Waals surface area contributed by atoms with Gasteiger partial charge in [-0.25, -0.2) is 9.59 Å². The van der Waals surface area contributed by atoms with Crippen molar-refractivity contribution in [2.24, 2.45) is 11.8 Å². The Hall–Kier alpha value is -2.08. The van der Waals surface area contributed by atoms with Crippen LogP contribution in [0.2, 0.25) is 0 Å². The number of carbonyl (C=O) groups is 6. The SMILES string of the molecule is CCC(C)C(=O)C(=O)NC(CSSCC(NC(=O)C(=O)C(C)CC)C(=O)OC)C(=O)OC. The van der Waals surface area contributed by atoms with Crippen LogP contribution in [-0.2, 0) is 38.2 Å². The van der Waals surface area contributed by atoms with Gasteiger partial charge in [0.25, 0.3) is 11.8 Å². The number of carbonyl (C=O) groups excluding carboxylic acids is 6. The lowest BCUT2D eigenvalue weighted by Gasteiger charge is -2.18. The van der Waals surface area contributed by atoms with Crippen LogP contribution in [0.1, 0.15) is 40.5 Å². The molecular weight excluding hydrogens is 460 g/mol. The number of Topliss-reactive ketones (excluding diaryl/α,β-unsaturated/α-hetero) is 2. The van der Waals surface area contributed by atoms with Crippen molar-refractivity contribution in [3.63, 3.8) is 0 Å². The minimum absolute atomic E-state index is 0.0461. The number of ketones is 2. The van der Waals surface area contributed by atoms with Gasteiger partial charge in [-0.15, -0.1) is 0 Å². The van der Waals surface area contributed by atoms with E-state index < -0.39 is 59.2 Å². The molecular formula is C20H32N2O8S2. The van der Waals surface area contributed by atoms with Gasteiger partial charge in [-0.3, -0.25) is 19.2 Å². The van der Waals surface area contributed by atoms with E-state index in [1.54, 1.807) is 27.7 Å². The van der Waals surface area contributed by atoms with E-state index in [1.807, 2.05) is 0 Å². The summed E-state index contributed by atoms with van der Waals surface area (Å²) in [6.45, 7) is 6.78. The Kier molecular flexibility index (Phi) is 14.7. The van der Waals surface area contributed by atoms with Crippen LogP contribution < -0.4 is 10.6 Å². The Morgan fingerprint density at radius 3 is 1.25 bits per heavy atom. The van der Waals surface area contributed by atoms with Crippen molar-refractivity contribution < 1.29 is 38.2 Å². The lowest BCUT2D eigenvalue weighted by Crippen LogP contribution is -2.47. The molecule has 0 radical (unpaired) electrons. The third-order valence-electron chi connectivity index (χ3n) is 4.70. The summed E-state index contributed by atoms with van der Waals surface area (Å²) in [6, 6.07) is -2.15. The molecule has 0 bridgehead atoms. The van der Waals surface area contributed by atoms with Gasteiger partial charge in [0, 0.05) is 23.3 Å². The molecule has 4 unspecified atom stereocenters. The summed E-state index contributed by atoms with van der Waals surface area (Å²) in [5.74, 6) is -5.30. The zero-order valence-corrected chi connectivity index (χ0v) is 20.9. The molecule has 0 aliphatic carbocycles. The predicted octanol–water partition coefficient (Wildman–Crippen LogP) is 0.914. The minimum atomic E-state index is -1.07. The highest BCUT2D eigenvalue weighted by Gasteiger charge is 2.29. The summed E-state index contributed by atoms with van der Waals surface area (Å²) in [7, 11) is 4.56. The van der Waals surface area contributed by atoms with Crippen molar-refractivity contribution in [3.8, 4) is 0 Å². The third-order valence-corrected chi connectivity index (χ3v) is 7.12. The van der Waals surface area contributed by atoms with Crippen molar-refractivity contribution in [1.82, 2.24) is 10.6 Å². The van der Waals surface area contributed by atoms with Gasteiger partial charge in [-0.05, 0) is 12.8 Å². The van der Waals surface area contributed by atoms with Gasteiger partial charge in [0.15, 0.2) is 0 Å². The molecule has 0 aromatic carbocycles. The second-order valence-corrected chi connectivity index (χ2v) is 9.57. The minimum Gasteiger partial charge on any atom is -0.467 e. The van der Waals surface area contributed by atoms with E-state index in [0.29, 0.717) is 12.8 Å². The van der Waals surface area contributed by atoms with Crippen LogP contribution in [0.15, 0.2) is 0 Å². The van der Waals surface area contributed by atoms with Crippen LogP contribution in [0.3, 0.4) is 0 Å². The highest BCUT2D eigenvalue weighted by Crippen LogP contribution is 2.24. The number of hydrogen-bond donors (Lipinski definition) is 2. The molecule has 0 aliphatic heterocycles. The molecule has 0 spiro atoms. The summed E-state index contributed by atoms with van der Waals surface area (Å²) in [5.41, 5.74) is 0. The molecule has 2 N–H and O–H groups in total. The van der Waals surface area contributed by atoms with E-state index in [4.69, 9.17) is 0 Å². The number of amides is 2. The predicted molar refractivity (Wildman–Crippen MR) is 122 cm³/mol. The highest BCUT2D eigenvalue weighted by atomic mass is 33.1. The molecule has 0 rings (SSSR count). The van der Waals surface area contributed by atoms with Crippen molar-refractivity contribution in [2.45, 2.75) is 52.6 Å². The summed E-state index contributed by atoms with van der Waals surface area (Å²) in [4.78, 5) is 72.1. The van der Waals surface area contributed by atoms with Gasteiger partial charge in [-0.2, -0.15) is 0 Å². The van der Waals surface area contributed by atoms with Crippen LogP contribution in [0.25, 0.3) is 0 Å². The Morgan fingerprint density at radius 1 is 0.688 bits per heavy atom. The van der Waals surface area contributed by atoms with Crippen LogP contribution >= 0.6 is 21.6 Å². The monoisotopic (exact) mass is 492 g/mol. The standard InChI is InChI=1S/C20H32N2O8S2/c1-7-11(3)15(23)17(25)21-13(19(27)29-5)9-31-32-10-14(20(28)30-6)22-18(26)16(24)12(4)8-2/h11-14H,7-10H2,1-6H3,(H,21,25)(H,22,26). The Balaban J connectivity index is 4.92. The number of methoxy groups -OCH3 is 2. The van der Waals surface area contributed by atoms with E-state index in [0.717, 1.165) is 35.8 Å². The van der Waals surface area contributed by atoms with Crippen LogP contribution in [0, 0.1) is 11.8 Å². The first-order chi connectivity index (χ1) is 15.0. The van der Waals surface area contributed by atoms with Crippen molar-refractivity contribution in [3.05, 3.63) is 0 Å². The second kappa shape index (κ2) is 15.7. The molecule has 12 heteroatoms. The third kappa shape index (κ3) is 10.0. The Labute approximate surface area is 196 Å². The molecule has 0 aliphatic rings. The van der Waals surface area contributed by atoms with E-state index in [9.17, 15) is 28.8 Å². The van der Waals surface area contributed by atoms with Crippen molar-refractivity contribution in [2.75, 3.05) is 25.7 Å². The number of ether oxygens (including phenoxy) is 2. The van der Waals surface area contributed by atoms with Crippen LogP contribution in [0.4, 0.5) is 0 Å². The molecule has 4 atom stereocenters. The van der Waals surface area contributed by atoms with Crippen molar-refractivity contribution in [1.29, 1.82) is 0 Å². The van der Waals surface area contributed by atoms with E-state index >= 15 is 0 Å². The molecule has 0 aromatic heterocycles. The van der Waals surface area contributed by atoms with Gasteiger partial charge >= 0.3 is 11.9 Å². The average molecular weight is 493 g/mol. The number of rotatable bonds is 15. The maximum Gasteiger partial charge on any atom is 0.329 e. The van der Waals surface area contributed by atoms with E-state index in [2.05, 4.69) is 20.1 Å². The molecule has 0 heterocycles. The maximum absolute atomic E-state index is 12.1. The average Bonchev–Trinajstić information content (AvgIpc) is 2.81. The molecule has 0 saturated heterocycles. The molecule has 0 saturated carbocycles. The lowest BCUT2D eigenvalue weighted by molar-refractivity contribution is -0.147. The first kappa shape index (κ1) is 29.9. The normalized spacial score (nSPS) is 14.3. The molecule has 32 heavy (non-hydrogen) atoms. The largest absolute Gasteiger partial charge is 0.467 e. The first-order valence-electron chi connectivity index (χ1n) is 10.1. The molecule has 2 amide bonds. The second-order valence-electron chi connectivity index (χ2n) is 7.01. The molecule has 0 aromatic rings. The summed E-state index contributed by atoms with van der Waals surface area (Å²) >= 11 is 0. The van der Waals surface area contributed by atoms with Crippen LogP contribution in [-0.4, -0.2) is 73.1 Å². The quantitative estimate of drug-likeness (QED) is 0.146. The van der Waals surface area contributed by atoms with Crippen LogP contribution in [0.5, 0.6) is 0 Å². The highest BCUT2D eigenvalue weighted by molar-refractivity contribution is 8.76. The smallest absolute Gasteiger partial charge is 0.329 e. The molecule has 0 fully saturated rings. The maximum atomic E-state index is 12.1. The zero-order chi connectivity index (χ0) is 24.8. The van der Waals surface area contributed by atoms with E-state index in [1.165, 1.54) is 0 Å². The Morgan fingerprint density at radius 2 is 1.00 bits per heavy atom. The van der Waals surface area contributed by atoms with E-state index in [-0.39, 0.29) is 11.5 Å². The van der Waals surface area contributed by atoms with Gasteiger partial charge < -0.3 is 20.1 Å². The number of nitrogens with one attached hydrogen (secondary N) is 2. The number of esters is 2. The fourth-order valence-corrected chi connectivity index (χ4v) is 4.43. The zero-order valence-electron chi connectivity index (χ0n) is 19.2.